The summed E-state index contributed by atoms with van der Waals surface area (Å²) in [5, 5.41) is 10.6. The van der Waals surface area contributed by atoms with E-state index in [1.807, 2.05) is 0 Å². The molecule has 0 saturated carbocycles. The van der Waals surface area contributed by atoms with Crippen LogP contribution in [0, 0.1) is 13.7 Å². The molecule has 0 atom stereocenters. The number of ether oxygens (including phenoxy) is 1. The fourth-order valence-electron chi connectivity index (χ4n) is 1.01. The predicted molar refractivity (Wildman–Crippen MR) is 55.1 cm³/mol. The zero-order chi connectivity index (χ0) is 11.6. The van der Waals surface area contributed by atoms with Crippen LogP contribution < -0.4 is 4.74 Å². The summed E-state index contributed by atoms with van der Waals surface area (Å²) in [6.07, 6.45) is -1.83. The van der Waals surface area contributed by atoms with E-state index in [1.165, 1.54) is 0 Å². The first-order chi connectivity index (χ1) is 6.99. The van der Waals surface area contributed by atoms with Crippen molar-refractivity contribution in [1.82, 2.24) is 4.98 Å². The molecule has 0 bridgehead atoms. The molecule has 0 fully saturated rings. The summed E-state index contributed by atoms with van der Waals surface area (Å²) in [6, 6.07) is 0. The van der Waals surface area contributed by atoms with Gasteiger partial charge < -0.3 is 4.74 Å². The second-order valence-electron chi connectivity index (χ2n) is 2.44. The summed E-state index contributed by atoms with van der Waals surface area (Å²) >= 11 is 1.57. The first kappa shape index (κ1) is 12.0. The summed E-state index contributed by atoms with van der Waals surface area (Å²) in [7, 11) is 1.14. The molecule has 5 nitrogen and oxygen atoms in total. The standard InChI is InChI=1S/C7H5F2IN2O3/c1-15-7-5(12(13)14)4(6(8)9)3(10)2-11-7/h2,6H,1H3. The quantitative estimate of drug-likeness (QED) is 0.485. The van der Waals surface area contributed by atoms with E-state index < -0.39 is 28.5 Å². The maximum atomic E-state index is 12.6. The molecule has 0 aliphatic heterocycles. The SMILES string of the molecule is COc1ncc(I)c(C(F)F)c1[N+](=O)[O-]. The van der Waals surface area contributed by atoms with Gasteiger partial charge in [0, 0.05) is 9.77 Å². The number of halogens is 3. The Kier molecular flexibility index (Phi) is 3.72. The predicted octanol–water partition coefficient (Wildman–Crippen LogP) is 2.54. The van der Waals surface area contributed by atoms with E-state index in [0.29, 0.717) is 0 Å². The van der Waals surface area contributed by atoms with Crippen LogP contribution in [0.15, 0.2) is 6.20 Å². The Morgan fingerprint density at radius 2 is 2.27 bits per heavy atom. The summed E-state index contributed by atoms with van der Waals surface area (Å²) in [5.74, 6) is -0.407. The third-order valence-electron chi connectivity index (χ3n) is 1.60. The van der Waals surface area contributed by atoms with Gasteiger partial charge in [-0.2, -0.15) is 0 Å². The van der Waals surface area contributed by atoms with Crippen molar-refractivity contribution in [3.05, 3.63) is 25.4 Å². The van der Waals surface area contributed by atoms with Gasteiger partial charge in [0.25, 0.3) is 12.3 Å². The van der Waals surface area contributed by atoms with Crippen LogP contribution in [0.1, 0.15) is 12.0 Å². The molecule has 1 aromatic rings. The Morgan fingerprint density at radius 3 is 2.67 bits per heavy atom. The second-order valence-corrected chi connectivity index (χ2v) is 3.60. The van der Waals surface area contributed by atoms with E-state index in [-0.39, 0.29) is 3.57 Å². The van der Waals surface area contributed by atoms with Crippen molar-refractivity contribution in [2.45, 2.75) is 6.43 Å². The molecule has 1 rings (SSSR count). The monoisotopic (exact) mass is 330 g/mol. The molecule has 15 heavy (non-hydrogen) atoms. The first-order valence-corrected chi connectivity index (χ1v) is 4.71. The molecule has 8 heteroatoms. The zero-order valence-electron chi connectivity index (χ0n) is 7.41. The van der Waals surface area contributed by atoms with Gasteiger partial charge in [-0.3, -0.25) is 10.1 Å². The van der Waals surface area contributed by atoms with Gasteiger partial charge in [0.2, 0.25) is 0 Å². The van der Waals surface area contributed by atoms with E-state index in [9.17, 15) is 18.9 Å². The number of rotatable bonds is 3. The van der Waals surface area contributed by atoms with E-state index in [4.69, 9.17) is 0 Å². The van der Waals surface area contributed by atoms with Crippen LogP contribution in [0.4, 0.5) is 14.5 Å². The number of alkyl halides is 2. The summed E-state index contributed by atoms with van der Waals surface area (Å²) in [4.78, 5) is 13.2. The van der Waals surface area contributed by atoms with Crippen molar-refractivity contribution in [3.63, 3.8) is 0 Å². The minimum Gasteiger partial charge on any atom is -0.476 e. The first-order valence-electron chi connectivity index (χ1n) is 3.64. The molecular formula is C7H5F2IN2O3. The van der Waals surface area contributed by atoms with E-state index >= 15 is 0 Å². The number of hydrogen-bond acceptors (Lipinski definition) is 4. The Bertz CT molecular complexity index is 400. The van der Waals surface area contributed by atoms with Gasteiger partial charge in [0.15, 0.2) is 0 Å². The molecule has 0 amide bonds. The highest BCUT2D eigenvalue weighted by molar-refractivity contribution is 14.1. The Morgan fingerprint density at radius 1 is 1.67 bits per heavy atom. The fourth-order valence-corrected chi connectivity index (χ4v) is 1.64. The van der Waals surface area contributed by atoms with Crippen molar-refractivity contribution >= 4 is 28.3 Å². The fraction of sp³-hybridized carbons (Fsp3) is 0.286. The summed E-state index contributed by atoms with van der Waals surface area (Å²) < 4.78 is 29.7. The molecule has 82 valence electrons. The minimum atomic E-state index is -2.94. The van der Waals surface area contributed by atoms with Crippen molar-refractivity contribution in [2.24, 2.45) is 0 Å². The third-order valence-corrected chi connectivity index (χ3v) is 2.46. The lowest BCUT2D eigenvalue weighted by Gasteiger charge is -2.06. The Hall–Kier alpha value is -1.06. The molecule has 0 spiro atoms. The van der Waals surface area contributed by atoms with Gasteiger partial charge in [-0.1, -0.05) is 0 Å². The van der Waals surface area contributed by atoms with Crippen molar-refractivity contribution in [1.29, 1.82) is 0 Å². The van der Waals surface area contributed by atoms with E-state index in [2.05, 4.69) is 9.72 Å². The van der Waals surface area contributed by atoms with Gasteiger partial charge in [-0.15, -0.1) is 0 Å². The normalized spacial score (nSPS) is 10.5. The molecule has 0 N–H and O–H groups in total. The van der Waals surface area contributed by atoms with Crippen LogP contribution in [-0.2, 0) is 0 Å². The molecule has 1 aromatic heterocycles. The lowest BCUT2D eigenvalue weighted by Crippen LogP contribution is -2.03. The number of aromatic nitrogens is 1. The highest BCUT2D eigenvalue weighted by atomic mass is 127. The number of hydrogen-bond donors (Lipinski definition) is 0. The molecule has 0 saturated heterocycles. The molecular weight excluding hydrogens is 325 g/mol. The lowest BCUT2D eigenvalue weighted by molar-refractivity contribution is -0.387. The van der Waals surface area contributed by atoms with Gasteiger partial charge >= 0.3 is 5.69 Å². The van der Waals surface area contributed by atoms with Crippen molar-refractivity contribution in [2.75, 3.05) is 7.11 Å². The zero-order valence-corrected chi connectivity index (χ0v) is 9.57. The van der Waals surface area contributed by atoms with Crippen LogP contribution in [0.5, 0.6) is 5.88 Å². The summed E-state index contributed by atoms with van der Waals surface area (Å²) in [6.45, 7) is 0. The average molecular weight is 330 g/mol. The largest absolute Gasteiger partial charge is 0.476 e. The van der Waals surface area contributed by atoms with Crippen molar-refractivity contribution < 1.29 is 18.4 Å². The van der Waals surface area contributed by atoms with Crippen LogP contribution in [0.3, 0.4) is 0 Å². The van der Waals surface area contributed by atoms with Gasteiger partial charge in [0.1, 0.15) is 5.56 Å². The second kappa shape index (κ2) is 4.64. The average Bonchev–Trinajstić information content (AvgIpc) is 2.16. The Labute approximate surface area is 96.7 Å². The third kappa shape index (κ3) is 2.30. The summed E-state index contributed by atoms with van der Waals surface area (Å²) in [5.41, 5.74) is -1.44. The Balaban J connectivity index is 3.51. The topological polar surface area (TPSA) is 65.3 Å². The van der Waals surface area contributed by atoms with Gasteiger partial charge in [-0.05, 0) is 22.6 Å². The van der Waals surface area contributed by atoms with Crippen molar-refractivity contribution in [3.8, 4) is 5.88 Å². The van der Waals surface area contributed by atoms with Crippen LogP contribution in [-0.4, -0.2) is 17.0 Å². The minimum absolute atomic E-state index is 0.0371. The molecule has 0 aromatic carbocycles. The molecule has 0 aliphatic carbocycles. The number of methoxy groups -OCH3 is 1. The lowest BCUT2D eigenvalue weighted by atomic mass is 10.2. The number of nitro groups is 1. The van der Waals surface area contributed by atoms with Gasteiger partial charge in [0.05, 0.1) is 12.0 Å². The molecule has 0 radical (unpaired) electrons. The molecule has 0 unspecified atom stereocenters. The highest BCUT2D eigenvalue weighted by Gasteiger charge is 2.30. The number of pyridine rings is 1. The van der Waals surface area contributed by atoms with Crippen LogP contribution in [0.25, 0.3) is 0 Å². The van der Waals surface area contributed by atoms with Crippen LogP contribution >= 0.6 is 22.6 Å². The maximum Gasteiger partial charge on any atom is 0.340 e. The maximum absolute atomic E-state index is 12.6. The highest BCUT2D eigenvalue weighted by Crippen LogP contribution is 2.37. The van der Waals surface area contributed by atoms with Gasteiger partial charge in [-0.25, -0.2) is 13.8 Å². The molecule has 1 heterocycles. The number of nitrogens with zero attached hydrogens (tertiary/aromatic N) is 2. The van der Waals surface area contributed by atoms with E-state index in [1.54, 1.807) is 22.6 Å². The van der Waals surface area contributed by atoms with E-state index in [0.717, 1.165) is 13.3 Å². The van der Waals surface area contributed by atoms with Crippen LogP contribution in [0.2, 0.25) is 0 Å². The smallest absolute Gasteiger partial charge is 0.340 e. The molecule has 0 aliphatic rings.